The summed E-state index contributed by atoms with van der Waals surface area (Å²) in [5.41, 5.74) is 1.23. The molecule has 0 bridgehead atoms. The van der Waals surface area contributed by atoms with E-state index in [9.17, 15) is 0 Å². The molecule has 1 saturated heterocycles. The third kappa shape index (κ3) is 3.96. The molecule has 1 unspecified atom stereocenters. The third-order valence-corrected chi connectivity index (χ3v) is 3.49. The minimum atomic E-state index is 0.687. The lowest BCUT2D eigenvalue weighted by atomic mass is 9.98. The molecule has 0 aromatic carbocycles. The fourth-order valence-corrected chi connectivity index (χ4v) is 2.53. The van der Waals surface area contributed by atoms with Gasteiger partial charge in [0.05, 0.1) is 7.11 Å². The fourth-order valence-electron chi connectivity index (χ4n) is 2.53. The number of rotatable bonds is 5. The van der Waals surface area contributed by atoms with Crippen molar-refractivity contribution in [1.29, 1.82) is 0 Å². The maximum absolute atomic E-state index is 5.12. The lowest BCUT2D eigenvalue weighted by molar-refractivity contribution is 0.206. The predicted molar refractivity (Wildman–Crippen MR) is 72.7 cm³/mol. The number of pyridine rings is 1. The quantitative estimate of drug-likeness (QED) is 0.858. The SMILES string of the molecule is COc1cc(CNCC2CCCN(C)C2)ccn1. The Morgan fingerprint density at radius 1 is 1.56 bits per heavy atom. The molecule has 1 aliphatic heterocycles. The first-order valence-corrected chi connectivity index (χ1v) is 6.66. The van der Waals surface area contributed by atoms with E-state index in [-0.39, 0.29) is 0 Å². The van der Waals surface area contributed by atoms with Crippen LogP contribution in [0.5, 0.6) is 5.88 Å². The van der Waals surface area contributed by atoms with E-state index in [4.69, 9.17) is 4.74 Å². The van der Waals surface area contributed by atoms with E-state index in [1.807, 2.05) is 12.1 Å². The summed E-state index contributed by atoms with van der Waals surface area (Å²) in [6.07, 6.45) is 4.47. The van der Waals surface area contributed by atoms with Gasteiger partial charge in [0.2, 0.25) is 5.88 Å². The van der Waals surface area contributed by atoms with Crippen LogP contribution < -0.4 is 10.1 Å². The highest BCUT2D eigenvalue weighted by Crippen LogP contribution is 2.14. The van der Waals surface area contributed by atoms with E-state index >= 15 is 0 Å². The maximum atomic E-state index is 5.12. The molecule has 1 aromatic rings. The number of methoxy groups -OCH3 is 1. The number of nitrogens with one attached hydrogen (secondary N) is 1. The molecule has 100 valence electrons. The highest BCUT2D eigenvalue weighted by atomic mass is 16.5. The maximum Gasteiger partial charge on any atom is 0.213 e. The highest BCUT2D eigenvalue weighted by molar-refractivity contribution is 5.20. The molecule has 1 fully saturated rings. The first-order chi connectivity index (χ1) is 8.78. The molecule has 4 heteroatoms. The zero-order valence-electron chi connectivity index (χ0n) is 11.4. The number of ether oxygens (including phenoxy) is 1. The van der Waals surface area contributed by atoms with Gasteiger partial charge in [-0.1, -0.05) is 0 Å². The van der Waals surface area contributed by atoms with Gasteiger partial charge in [-0.25, -0.2) is 4.98 Å². The van der Waals surface area contributed by atoms with E-state index in [1.54, 1.807) is 13.3 Å². The number of nitrogens with zero attached hydrogens (tertiary/aromatic N) is 2. The second-order valence-corrected chi connectivity index (χ2v) is 5.11. The summed E-state index contributed by atoms with van der Waals surface area (Å²) >= 11 is 0. The van der Waals surface area contributed by atoms with Crippen LogP contribution in [0.1, 0.15) is 18.4 Å². The van der Waals surface area contributed by atoms with Gasteiger partial charge in [0.25, 0.3) is 0 Å². The van der Waals surface area contributed by atoms with Crippen LogP contribution in [-0.4, -0.2) is 43.7 Å². The van der Waals surface area contributed by atoms with Crippen LogP contribution in [0.4, 0.5) is 0 Å². The molecule has 1 aliphatic rings. The Kier molecular flexibility index (Phi) is 4.96. The normalized spacial score (nSPS) is 20.9. The van der Waals surface area contributed by atoms with Gasteiger partial charge in [0.1, 0.15) is 0 Å². The van der Waals surface area contributed by atoms with Gasteiger partial charge in [-0.05, 0) is 50.5 Å². The predicted octanol–water partition coefficient (Wildman–Crippen LogP) is 1.52. The van der Waals surface area contributed by atoms with Gasteiger partial charge in [0.15, 0.2) is 0 Å². The van der Waals surface area contributed by atoms with Crippen LogP contribution in [0.2, 0.25) is 0 Å². The average molecular weight is 249 g/mol. The topological polar surface area (TPSA) is 37.4 Å². The lowest BCUT2D eigenvalue weighted by Gasteiger charge is -2.29. The molecule has 1 aromatic heterocycles. The van der Waals surface area contributed by atoms with Crippen molar-refractivity contribution >= 4 is 0 Å². The number of aromatic nitrogens is 1. The van der Waals surface area contributed by atoms with Crippen molar-refractivity contribution in [3.8, 4) is 5.88 Å². The first kappa shape index (κ1) is 13.3. The lowest BCUT2D eigenvalue weighted by Crippen LogP contribution is -2.37. The summed E-state index contributed by atoms with van der Waals surface area (Å²) in [7, 11) is 3.86. The van der Waals surface area contributed by atoms with Crippen LogP contribution >= 0.6 is 0 Å². The molecule has 1 N–H and O–H groups in total. The van der Waals surface area contributed by atoms with Crippen molar-refractivity contribution in [2.24, 2.45) is 5.92 Å². The van der Waals surface area contributed by atoms with Gasteiger partial charge < -0.3 is 15.0 Å². The van der Waals surface area contributed by atoms with Crippen molar-refractivity contribution in [1.82, 2.24) is 15.2 Å². The van der Waals surface area contributed by atoms with Crippen LogP contribution in [0.25, 0.3) is 0 Å². The van der Waals surface area contributed by atoms with Crippen LogP contribution in [0, 0.1) is 5.92 Å². The highest BCUT2D eigenvalue weighted by Gasteiger charge is 2.16. The summed E-state index contributed by atoms with van der Waals surface area (Å²) in [4.78, 5) is 6.53. The van der Waals surface area contributed by atoms with Crippen LogP contribution in [0.3, 0.4) is 0 Å². The first-order valence-electron chi connectivity index (χ1n) is 6.66. The molecule has 0 radical (unpaired) electrons. The summed E-state index contributed by atoms with van der Waals surface area (Å²) in [6.45, 7) is 4.44. The Bertz CT molecular complexity index is 370. The Hall–Kier alpha value is -1.13. The summed E-state index contributed by atoms with van der Waals surface area (Å²) < 4.78 is 5.12. The number of hydrogen-bond acceptors (Lipinski definition) is 4. The zero-order valence-corrected chi connectivity index (χ0v) is 11.4. The molecule has 4 nitrogen and oxygen atoms in total. The number of likely N-dealkylation sites (tertiary alicyclic amines) is 1. The molecule has 0 saturated carbocycles. The smallest absolute Gasteiger partial charge is 0.213 e. The van der Waals surface area contributed by atoms with Gasteiger partial charge in [-0.3, -0.25) is 0 Å². The van der Waals surface area contributed by atoms with Crippen molar-refractivity contribution in [2.75, 3.05) is 33.8 Å². The van der Waals surface area contributed by atoms with E-state index in [1.165, 1.54) is 31.5 Å². The van der Waals surface area contributed by atoms with Crippen molar-refractivity contribution in [2.45, 2.75) is 19.4 Å². The molecule has 0 spiro atoms. The molecule has 0 amide bonds. The van der Waals surface area contributed by atoms with Gasteiger partial charge in [-0.2, -0.15) is 0 Å². The van der Waals surface area contributed by atoms with E-state index in [0.717, 1.165) is 19.0 Å². The van der Waals surface area contributed by atoms with Crippen molar-refractivity contribution in [3.05, 3.63) is 23.9 Å². The second-order valence-electron chi connectivity index (χ2n) is 5.11. The zero-order chi connectivity index (χ0) is 12.8. The standard InChI is InChI=1S/C14H23N3O/c1-17-7-3-4-13(11-17)10-15-9-12-5-6-16-14(8-12)18-2/h5-6,8,13,15H,3-4,7,9-11H2,1-2H3. The van der Waals surface area contributed by atoms with Crippen molar-refractivity contribution < 1.29 is 4.74 Å². The minimum absolute atomic E-state index is 0.687. The van der Waals surface area contributed by atoms with Crippen LogP contribution in [-0.2, 0) is 6.54 Å². The Morgan fingerprint density at radius 2 is 2.44 bits per heavy atom. The molecular weight excluding hydrogens is 226 g/mol. The van der Waals surface area contributed by atoms with Gasteiger partial charge in [-0.15, -0.1) is 0 Å². The largest absolute Gasteiger partial charge is 0.481 e. The number of piperidine rings is 1. The van der Waals surface area contributed by atoms with Gasteiger partial charge >= 0.3 is 0 Å². The Labute approximate surface area is 109 Å². The Balaban J connectivity index is 1.74. The summed E-state index contributed by atoms with van der Waals surface area (Å²) in [5, 5.41) is 3.53. The molecular formula is C14H23N3O. The van der Waals surface area contributed by atoms with Crippen molar-refractivity contribution in [3.63, 3.8) is 0 Å². The third-order valence-electron chi connectivity index (χ3n) is 3.49. The van der Waals surface area contributed by atoms with Gasteiger partial charge in [0, 0.05) is 25.4 Å². The summed E-state index contributed by atoms with van der Waals surface area (Å²) in [6, 6.07) is 4.02. The molecule has 0 aliphatic carbocycles. The van der Waals surface area contributed by atoms with E-state index in [2.05, 4.69) is 22.2 Å². The molecule has 2 heterocycles. The molecule has 18 heavy (non-hydrogen) atoms. The Morgan fingerprint density at radius 3 is 3.22 bits per heavy atom. The van der Waals surface area contributed by atoms with E-state index < -0.39 is 0 Å². The van der Waals surface area contributed by atoms with E-state index in [0.29, 0.717) is 5.88 Å². The molecule has 2 rings (SSSR count). The summed E-state index contributed by atoms with van der Waals surface area (Å²) in [5.74, 6) is 1.47. The second kappa shape index (κ2) is 6.71. The fraction of sp³-hybridized carbons (Fsp3) is 0.643. The average Bonchev–Trinajstić information content (AvgIpc) is 2.39. The minimum Gasteiger partial charge on any atom is -0.481 e. The monoisotopic (exact) mass is 249 g/mol. The van der Waals surface area contributed by atoms with Crippen LogP contribution in [0.15, 0.2) is 18.3 Å². The number of hydrogen-bond donors (Lipinski definition) is 1. The molecule has 1 atom stereocenters.